The molecule has 0 bridgehead atoms. The van der Waals surface area contributed by atoms with E-state index in [0.717, 1.165) is 12.0 Å². The van der Waals surface area contributed by atoms with Gasteiger partial charge in [0.05, 0.1) is 0 Å². The van der Waals surface area contributed by atoms with E-state index in [1.54, 1.807) is 6.07 Å². The van der Waals surface area contributed by atoms with Gasteiger partial charge in [0.25, 0.3) is 0 Å². The SMILES string of the molecule is CCc1cc(F)cc(-c2cc(N)no2)c1. The largest absolute Gasteiger partial charge is 0.381 e. The van der Waals surface area contributed by atoms with Gasteiger partial charge in [0.1, 0.15) is 5.82 Å². The van der Waals surface area contributed by atoms with E-state index in [1.807, 2.05) is 13.0 Å². The van der Waals surface area contributed by atoms with Crippen LogP contribution in [0.1, 0.15) is 12.5 Å². The first-order valence-electron chi connectivity index (χ1n) is 4.71. The molecule has 0 radical (unpaired) electrons. The number of nitrogen functional groups attached to an aromatic ring is 1. The quantitative estimate of drug-likeness (QED) is 0.821. The lowest BCUT2D eigenvalue weighted by Gasteiger charge is -2.00. The van der Waals surface area contributed by atoms with Crippen LogP contribution in [-0.4, -0.2) is 5.16 Å². The molecule has 15 heavy (non-hydrogen) atoms. The minimum absolute atomic E-state index is 0.278. The normalized spacial score (nSPS) is 10.5. The highest BCUT2D eigenvalue weighted by Gasteiger charge is 2.07. The van der Waals surface area contributed by atoms with E-state index >= 15 is 0 Å². The molecule has 0 saturated carbocycles. The molecule has 1 heterocycles. The van der Waals surface area contributed by atoms with Crippen molar-refractivity contribution < 1.29 is 8.91 Å². The molecule has 0 spiro atoms. The molecule has 1 aromatic carbocycles. The van der Waals surface area contributed by atoms with E-state index in [-0.39, 0.29) is 5.82 Å². The first-order valence-corrected chi connectivity index (χ1v) is 4.71. The molecule has 2 aromatic rings. The van der Waals surface area contributed by atoms with Crippen LogP contribution < -0.4 is 5.73 Å². The summed E-state index contributed by atoms with van der Waals surface area (Å²) in [5.41, 5.74) is 7.01. The summed E-state index contributed by atoms with van der Waals surface area (Å²) in [5, 5.41) is 3.56. The number of anilines is 1. The first kappa shape index (κ1) is 9.71. The molecule has 0 fully saturated rings. The summed E-state index contributed by atoms with van der Waals surface area (Å²) in [7, 11) is 0. The molecule has 3 nitrogen and oxygen atoms in total. The fourth-order valence-electron chi connectivity index (χ4n) is 1.42. The molecular weight excluding hydrogens is 195 g/mol. The summed E-state index contributed by atoms with van der Waals surface area (Å²) in [6.45, 7) is 1.97. The number of aromatic nitrogens is 1. The fraction of sp³-hybridized carbons (Fsp3) is 0.182. The van der Waals surface area contributed by atoms with Gasteiger partial charge in [-0.25, -0.2) is 4.39 Å². The lowest BCUT2D eigenvalue weighted by atomic mass is 10.1. The minimum atomic E-state index is -0.278. The van der Waals surface area contributed by atoms with E-state index < -0.39 is 0 Å². The molecular formula is C11H11FN2O. The highest BCUT2D eigenvalue weighted by atomic mass is 19.1. The fourth-order valence-corrected chi connectivity index (χ4v) is 1.42. The van der Waals surface area contributed by atoms with Crippen LogP contribution in [0, 0.1) is 5.82 Å². The number of nitrogens with two attached hydrogens (primary N) is 1. The number of rotatable bonds is 2. The van der Waals surface area contributed by atoms with Crippen LogP contribution in [0.4, 0.5) is 10.2 Å². The van der Waals surface area contributed by atoms with Gasteiger partial charge in [-0.3, -0.25) is 0 Å². The highest BCUT2D eigenvalue weighted by Crippen LogP contribution is 2.23. The molecule has 0 aliphatic carbocycles. The number of benzene rings is 1. The van der Waals surface area contributed by atoms with Crippen molar-refractivity contribution in [1.82, 2.24) is 5.16 Å². The Kier molecular flexibility index (Phi) is 2.41. The van der Waals surface area contributed by atoms with Crippen molar-refractivity contribution in [2.75, 3.05) is 5.73 Å². The Morgan fingerprint density at radius 3 is 2.73 bits per heavy atom. The third-order valence-corrected chi connectivity index (χ3v) is 2.18. The standard InChI is InChI=1S/C11H11FN2O/c1-2-7-3-8(5-9(12)4-7)10-6-11(13)14-15-10/h3-6H,2H2,1H3,(H2,13,14). The molecule has 0 atom stereocenters. The van der Waals surface area contributed by atoms with Crippen molar-refractivity contribution in [2.45, 2.75) is 13.3 Å². The summed E-state index contributed by atoms with van der Waals surface area (Å²) < 4.78 is 18.2. The van der Waals surface area contributed by atoms with Gasteiger partial charge in [0, 0.05) is 11.6 Å². The average Bonchev–Trinajstić information content (AvgIpc) is 2.64. The first-order chi connectivity index (χ1) is 7.19. The van der Waals surface area contributed by atoms with E-state index in [2.05, 4.69) is 5.16 Å². The molecule has 2 N–H and O–H groups in total. The molecule has 0 aliphatic heterocycles. The number of hydrogen-bond acceptors (Lipinski definition) is 3. The maximum atomic E-state index is 13.2. The Hall–Kier alpha value is -1.84. The number of hydrogen-bond donors (Lipinski definition) is 1. The summed E-state index contributed by atoms with van der Waals surface area (Å²) in [6, 6.07) is 6.35. The van der Waals surface area contributed by atoms with Gasteiger partial charge in [0.15, 0.2) is 11.6 Å². The van der Waals surface area contributed by atoms with Crippen molar-refractivity contribution in [3.8, 4) is 11.3 Å². The third kappa shape index (κ3) is 1.98. The van der Waals surface area contributed by atoms with Crippen molar-refractivity contribution in [2.24, 2.45) is 0 Å². The van der Waals surface area contributed by atoms with E-state index in [4.69, 9.17) is 10.3 Å². The third-order valence-electron chi connectivity index (χ3n) is 2.18. The van der Waals surface area contributed by atoms with Gasteiger partial charge in [-0.1, -0.05) is 12.1 Å². The Labute approximate surface area is 86.7 Å². The van der Waals surface area contributed by atoms with E-state index in [1.165, 1.54) is 12.1 Å². The highest BCUT2D eigenvalue weighted by molar-refractivity contribution is 5.60. The summed E-state index contributed by atoms with van der Waals surface area (Å²) in [5.74, 6) is 0.508. The van der Waals surface area contributed by atoms with E-state index in [0.29, 0.717) is 17.1 Å². The molecule has 0 aliphatic rings. The van der Waals surface area contributed by atoms with Crippen LogP contribution in [0.5, 0.6) is 0 Å². The lowest BCUT2D eigenvalue weighted by molar-refractivity contribution is 0.435. The smallest absolute Gasteiger partial charge is 0.169 e. The number of nitrogens with zero attached hydrogens (tertiary/aromatic N) is 1. The van der Waals surface area contributed by atoms with Gasteiger partial charge in [-0.05, 0) is 30.2 Å². The van der Waals surface area contributed by atoms with Crippen LogP contribution in [0.3, 0.4) is 0 Å². The number of halogens is 1. The summed E-state index contributed by atoms with van der Waals surface area (Å²) in [6.07, 6.45) is 0.772. The average molecular weight is 206 g/mol. The molecule has 0 unspecified atom stereocenters. The van der Waals surface area contributed by atoms with Crippen molar-refractivity contribution in [3.05, 3.63) is 35.6 Å². The van der Waals surface area contributed by atoms with Gasteiger partial charge >= 0.3 is 0 Å². The predicted octanol–water partition coefficient (Wildman–Crippen LogP) is 2.63. The summed E-state index contributed by atoms with van der Waals surface area (Å²) in [4.78, 5) is 0. The Morgan fingerprint density at radius 1 is 1.33 bits per heavy atom. The van der Waals surface area contributed by atoms with Crippen LogP contribution in [0.2, 0.25) is 0 Å². The van der Waals surface area contributed by atoms with Crippen LogP contribution in [-0.2, 0) is 6.42 Å². The van der Waals surface area contributed by atoms with Gasteiger partial charge in [0.2, 0.25) is 0 Å². The summed E-state index contributed by atoms with van der Waals surface area (Å²) >= 11 is 0. The Balaban J connectivity index is 2.48. The van der Waals surface area contributed by atoms with Crippen molar-refractivity contribution >= 4 is 5.82 Å². The zero-order valence-electron chi connectivity index (χ0n) is 8.33. The van der Waals surface area contributed by atoms with Crippen LogP contribution in [0.15, 0.2) is 28.8 Å². The minimum Gasteiger partial charge on any atom is -0.381 e. The van der Waals surface area contributed by atoms with Crippen LogP contribution in [0.25, 0.3) is 11.3 Å². The monoisotopic (exact) mass is 206 g/mol. The second-order valence-electron chi connectivity index (χ2n) is 3.32. The molecule has 0 amide bonds. The maximum Gasteiger partial charge on any atom is 0.169 e. The Bertz CT molecular complexity index is 479. The molecule has 0 saturated heterocycles. The molecule has 2 rings (SSSR count). The topological polar surface area (TPSA) is 52.0 Å². The zero-order chi connectivity index (χ0) is 10.8. The predicted molar refractivity (Wildman–Crippen MR) is 55.7 cm³/mol. The zero-order valence-corrected chi connectivity index (χ0v) is 8.33. The second kappa shape index (κ2) is 3.73. The molecule has 1 aromatic heterocycles. The van der Waals surface area contributed by atoms with Crippen molar-refractivity contribution in [1.29, 1.82) is 0 Å². The van der Waals surface area contributed by atoms with E-state index in [9.17, 15) is 4.39 Å². The number of aryl methyl sites for hydroxylation is 1. The molecule has 78 valence electrons. The van der Waals surface area contributed by atoms with Gasteiger partial charge in [-0.15, -0.1) is 0 Å². The van der Waals surface area contributed by atoms with Crippen LogP contribution >= 0.6 is 0 Å². The molecule has 4 heteroatoms. The Morgan fingerprint density at radius 2 is 2.13 bits per heavy atom. The van der Waals surface area contributed by atoms with Gasteiger partial charge < -0.3 is 10.3 Å². The van der Waals surface area contributed by atoms with Gasteiger partial charge in [-0.2, -0.15) is 0 Å². The maximum absolute atomic E-state index is 13.2. The van der Waals surface area contributed by atoms with Crippen molar-refractivity contribution in [3.63, 3.8) is 0 Å². The lowest BCUT2D eigenvalue weighted by Crippen LogP contribution is -1.85. The second-order valence-corrected chi connectivity index (χ2v) is 3.32.